The topological polar surface area (TPSA) is 40.6 Å². The van der Waals surface area contributed by atoms with Crippen LogP contribution in [0.25, 0.3) is 0 Å². The summed E-state index contributed by atoms with van der Waals surface area (Å²) in [5, 5.41) is 0.744. The predicted molar refractivity (Wildman–Crippen MR) is 87.0 cm³/mol. The molecule has 1 aliphatic heterocycles. The molecule has 0 aliphatic carbocycles. The van der Waals surface area contributed by atoms with Crippen LogP contribution in [0.1, 0.15) is 25.3 Å². The molecule has 0 amide bonds. The van der Waals surface area contributed by atoms with Gasteiger partial charge in [0.25, 0.3) is 0 Å². The molecule has 1 aliphatic rings. The van der Waals surface area contributed by atoms with Gasteiger partial charge >= 0.3 is 0 Å². The molecule has 4 nitrogen and oxygen atoms in total. The van der Waals surface area contributed by atoms with Gasteiger partial charge in [0, 0.05) is 37.7 Å². The van der Waals surface area contributed by atoms with Gasteiger partial charge in [0.15, 0.2) is 0 Å². The smallest absolute Gasteiger partial charge is 0.214 e. The highest BCUT2D eigenvalue weighted by Gasteiger charge is 2.26. The Hall–Kier alpha value is -0.330. The lowest BCUT2D eigenvalue weighted by molar-refractivity contribution is -0.00000702. The van der Waals surface area contributed by atoms with Crippen LogP contribution in [0, 0.1) is 0 Å². The van der Waals surface area contributed by atoms with Crippen LogP contribution in [-0.2, 0) is 16.6 Å². The van der Waals surface area contributed by atoms with Crippen molar-refractivity contribution in [3.63, 3.8) is 0 Å². The molecule has 1 aromatic carbocycles. The molecule has 0 N–H and O–H groups in total. The van der Waals surface area contributed by atoms with Gasteiger partial charge in [-0.2, -0.15) is 4.31 Å². The Kier molecular flexibility index (Phi) is 8.14. The molecule has 0 unspecified atom stereocenters. The number of hydrogen-bond acceptors (Lipinski definition) is 3. The Morgan fingerprint density at radius 3 is 2.45 bits per heavy atom. The minimum absolute atomic E-state index is 0. The molecule has 1 heterocycles. The van der Waals surface area contributed by atoms with Crippen LogP contribution < -0.4 is 12.4 Å². The van der Waals surface area contributed by atoms with E-state index in [0.717, 1.165) is 37.5 Å². The third kappa shape index (κ3) is 5.70. The Morgan fingerprint density at radius 2 is 1.86 bits per heavy atom. The first-order valence-electron chi connectivity index (χ1n) is 7.46. The van der Waals surface area contributed by atoms with E-state index >= 15 is 0 Å². The maximum Gasteiger partial charge on any atom is 0.214 e. The van der Waals surface area contributed by atoms with E-state index in [1.807, 2.05) is 25.1 Å². The van der Waals surface area contributed by atoms with Crippen LogP contribution in [0.5, 0.6) is 0 Å². The molecule has 2 rings (SSSR count). The van der Waals surface area contributed by atoms with Gasteiger partial charge in [0.05, 0.1) is 5.75 Å². The third-order valence-corrected chi connectivity index (χ3v) is 5.97. The Labute approximate surface area is 144 Å². The second-order valence-electron chi connectivity index (χ2n) is 5.47. The van der Waals surface area contributed by atoms with Gasteiger partial charge in [-0.15, -0.1) is 0 Å². The minimum atomic E-state index is -3.06. The molecule has 1 aromatic rings. The summed E-state index contributed by atoms with van der Waals surface area (Å²) in [6, 6.07) is 7.83. The number of benzene rings is 1. The zero-order valence-corrected chi connectivity index (χ0v) is 15.2. The highest BCUT2D eigenvalue weighted by molar-refractivity contribution is 7.89. The number of nitrogens with zero attached hydrogens (tertiary/aromatic N) is 2. The van der Waals surface area contributed by atoms with Crippen molar-refractivity contribution < 1.29 is 20.8 Å². The summed E-state index contributed by atoms with van der Waals surface area (Å²) in [7, 11) is -3.06. The minimum Gasteiger partial charge on any atom is -1.00 e. The Morgan fingerprint density at radius 1 is 1.18 bits per heavy atom. The van der Waals surface area contributed by atoms with Crippen LogP contribution in [0.15, 0.2) is 24.3 Å². The maximum absolute atomic E-state index is 12.1. The molecule has 22 heavy (non-hydrogen) atoms. The van der Waals surface area contributed by atoms with Gasteiger partial charge < -0.3 is 12.4 Å². The maximum atomic E-state index is 12.1. The van der Waals surface area contributed by atoms with Crippen molar-refractivity contribution in [1.82, 2.24) is 9.21 Å². The lowest BCUT2D eigenvalue weighted by Crippen LogP contribution is -3.00. The van der Waals surface area contributed by atoms with E-state index in [4.69, 9.17) is 11.6 Å². The number of rotatable bonds is 6. The number of halogens is 2. The number of hydrogen-bond donors (Lipinski definition) is 0. The molecular weight excluding hydrogens is 343 g/mol. The van der Waals surface area contributed by atoms with E-state index in [1.54, 1.807) is 4.31 Å². The lowest BCUT2D eigenvalue weighted by atomic mass is 10.2. The second kappa shape index (κ2) is 9.08. The largest absolute Gasteiger partial charge is 1.00 e. The summed E-state index contributed by atoms with van der Waals surface area (Å²) in [6.07, 6.45) is 1.65. The molecule has 1 saturated heterocycles. The van der Waals surface area contributed by atoms with Crippen LogP contribution in [0.4, 0.5) is 0 Å². The third-order valence-electron chi connectivity index (χ3n) is 3.78. The normalized spacial score (nSPS) is 17.2. The molecule has 0 aromatic heterocycles. The summed E-state index contributed by atoms with van der Waals surface area (Å²) in [6.45, 7) is 5.57. The number of sulfonamides is 1. The molecule has 126 valence electrons. The summed E-state index contributed by atoms with van der Waals surface area (Å²) < 4.78 is 25.9. The Bertz CT molecular complexity index is 558. The first-order valence-corrected chi connectivity index (χ1v) is 9.44. The SMILES string of the molecule is CCCCS(=O)(=O)N1CCN(Cc2cccc(Cl)c2)CC1.[Cl-]. The first kappa shape index (κ1) is 19.7. The molecular formula is C15H23Cl2N2O2S-. The fourth-order valence-electron chi connectivity index (χ4n) is 2.52. The highest BCUT2D eigenvalue weighted by Crippen LogP contribution is 2.15. The van der Waals surface area contributed by atoms with Crippen molar-refractivity contribution >= 4 is 21.6 Å². The summed E-state index contributed by atoms with van der Waals surface area (Å²) in [5.74, 6) is 0.276. The zero-order valence-electron chi connectivity index (χ0n) is 12.8. The van der Waals surface area contributed by atoms with Gasteiger partial charge in [0.2, 0.25) is 10.0 Å². The van der Waals surface area contributed by atoms with Gasteiger partial charge in [0.1, 0.15) is 0 Å². The average molecular weight is 366 g/mol. The number of unbranched alkanes of at least 4 members (excludes halogenated alkanes) is 1. The monoisotopic (exact) mass is 365 g/mol. The van der Waals surface area contributed by atoms with Crippen molar-refractivity contribution in [2.24, 2.45) is 0 Å². The van der Waals surface area contributed by atoms with Crippen molar-refractivity contribution in [3.05, 3.63) is 34.9 Å². The van der Waals surface area contributed by atoms with Crippen LogP contribution in [0.2, 0.25) is 5.02 Å². The average Bonchev–Trinajstić information content (AvgIpc) is 2.46. The van der Waals surface area contributed by atoms with Gasteiger partial charge in [-0.25, -0.2) is 8.42 Å². The van der Waals surface area contributed by atoms with Crippen LogP contribution in [0.3, 0.4) is 0 Å². The number of piperazine rings is 1. The van der Waals surface area contributed by atoms with E-state index in [9.17, 15) is 8.42 Å². The Balaban J connectivity index is 0.00000242. The molecule has 1 fully saturated rings. The zero-order chi connectivity index (χ0) is 15.3. The van der Waals surface area contributed by atoms with Gasteiger partial charge in [-0.3, -0.25) is 4.90 Å². The fourth-order valence-corrected chi connectivity index (χ4v) is 4.36. The second-order valence-corrected chi connectivity index (χ2v) is 8.00. The van der Waals surface area contributed by atoms with E-state index in [0.29, 0.717) is 13.1 Å². The van der Waals surface area contributed by atoms with Crippen molar-refractivity contribution in [3.8, 4) is 0 Å². The fraction of sp³-hybridized carbons (Fsp3) is 0.600. The molecule has 0 bridgehead atoms. The van der Waals surface area contributed by atoms with E-state index < -0.39 is 10.0 Å². The summed E-state index contributed by atoms with van der Waals surface area (Å²) >= 11 is 5.99. The van der Waals surface area contributed by atoms with Crippen molar-refractivity contribution in [2.45, 2.75) is 26.3 Å². The van der Waals surface area contributed by atoms with Gasteiger partial charge in [-0.1, -0.05) is 37.1 Å². The van der Waals surface area contributed by atoms with Crippen LogP contribution in [-0.4, -0.2) is 49.6 Å². The molecule has 0 radical (unpaired) electrons. The van der Waals surface area contributed by atoms with E-state index in [1.165, 1.54) is 5.56 Å². The first-order chi connectivity index (χ1) is 10.0. The van der Waals surface area contributed by atoms with Crippen LogP contribution >= 0.6 is 11.6 Å². The van der Waals surface area contributed by atoms with Crippen molar-refractivity contribution in [2.75, 3.05) is 31.9 Å². The predicted octanol–water partition coefficient (Wildman–Crippen LogP) is -0.408. The van der Waals surface area contributed by atoms with E-state index in [2.05, 4.69) is 11.0 Å². The lowest BCUT2D eigenvalue weighted by Gasteiger charge is -2.34. The molecule has 0 spiro atoms. The van der Waals surface area contributed by atoms with Crippen molar-refractivity contribution in [1.29, 1.82) is 0 Å². The summed E-state index contributed by atoms with van der Waals surface area (Å²) in [4.78, 5) is 2.28. The quantitative estimate of drug-likeness (QED) is 0.688. The standard InChI is InChI=1S/C15H23ClN2O2S.ClH/c1-2-3-11-21(19,20)18-9-7-17(8-10-18)13-14-5-4-6-15(16)12-14;/h4-6,12H,2-3,7-11,13H2,1H3;1H/p-1. The summed E-state index contributed by atoms with van der Waals surface area (Å²) in [5.41, 5.74) is 1.17. The molecule has 0 saturated carbocycles. The highest BCUT2D eigenvalue weighted by atomic mass is 35.5. The molecule has 0 atom stereocenters. The molecule has 7 heteroatoms. The van der Waals surface area contributed by atoms with Gasteiger partial charge in [-0.05, 0) is 24.1 Å². The van der Waals surface area contributed by atoms with E-state index in [-0.39, 0.29) is 18.2 Å².